The molecule has 0 aliphatic carbocycles. The summed E-state index contributed by atoms with van der Waals surface area (Å²) in [5, 5.41) is 1.05. The Labute approximate surface area is 294 Å². The van der Waals surface area contributed by atoms with Crippen molar-refractivity contribution >= 4 is 55.9 Å². The summed E-state index contributed by atoms with van der Waals surface area (Å²) in [6.45, 7) is 4.81. The van der Waals surface area contributed by atoms with Gasteiger partial charge < -0.3 is 18.8 Å². The van der Waals surface area contributed by atoms with Crippen LogP contribution in [0.15, 0.2) is 117 Å². The molecule has 0 saturated carbocycles. The third-order valence-corrected chi connectivity index (χ3v) is 10.4. The first kappa shape index (κ1) is 31.1. The summed E-state index contributed by atoms with van der Waals surface area (Å²) in [5.41, 5.74) is 6.20. The van der Waals surface area contributed by atoms with Gasteiger partial charge in [0.1, 0.15) is 0 Å². The van der Waals surface area contributed by atoms with Crippen LogP contribution in [0.4, 0.5) is 0 Å². The Balaban J connectivity index is 1.36. The molecule has 6 aromatic rings. The highest BCUT2D eigenvalue weighted by atomic mass is 79.9. The van der Waals surface area contributed by atoms with Gasteiger partial charge in [-0.05, 0) is 61.4 Å². The zero-order valence-electron chi connectivity index (χ0n) is 26.7. The van der Waals surface area contributed by atoms with Crippen LogP contribution in [0.2, 0.25) is 0 Å². The lowest BCUT2D eigenvalue weighted by molar-refractivity contribution is -0.138. The van der Waals surface area contributed by atoms with Gasteiger partial charge in [-0.2, -0.15) is 0 Å². The molecule has 10 heteroatoms. The van der Waals surface area contributed by atoms with Crippen LogP contribution in [-0.4, -0.2) is 28.5 Å². The molecule has 1 atom stereocenters. The smallest absolute Gasteiger partial charge is 0.338 e. The van der Waals surface area contributed by atoms with E-state index in [1.54, 1.807) is 11.5 Å². The number of halogens is 1. The number of carbonyl (C=O) groups is 1. The third-order valence-electron chi connectivity index (χ3n) is 8.90. The first-order valence-electron chi connectivity index (χ1n) is 15.9. The zero-order chi connectivity index (χ0) is 33.6. The maximum Gasteiger partial charge on any atom is 0.338 e. The maximum atomic E-state index is 14.6. The van der Waals surface area contributed by atoms with Crippen LogP contribution >= 0.6 is 27.3 Å². The number of ether oxygens (including phenoxy) is 3. The van der Waals surface area contributed by atoms with Gasteiger partial charge in [-0.15, -0.1) is 0 Å². The molecule has 0 amide bonds. The molecule has 49 heavy (non-hydrogen) atoms. The highest BCUT2D eigenvalue weighted by molar-refractivity contribution is 9.10. The van der Waals surface area contributed by atoms with E-state index >= 15 is 0 Å². The number of rotatable bonds is 7. The quantitative estimate of drug-likeness (QED) is 0.170. The number of esters is 1. The monoisotopic (exact) mass is 731 g/mol. The second-order valence-electron chi connectivity index (χ2n) is 11.8. The Bertz CT molecular complexity index is 2480. The molecule has 2 aliphatic rings. The summed E-state index contributed by atoms with van der Waals surface area (Å²) in [7, 11) is 0. The van der Waals surface area contributed by atoms with E-state index in [2.05, 4.69) is 51.7 Å². The van der Waals surface area contributed by atoms with Crippen molar-refractivity contribution in [3.63, 3.8) is 0 Å². The number of nitrogens with zero attached hydrogens (tertiary/aromatic N) is 3. The molecule has 0 saturated heterocycles. The second-order valence-corrected chi connectivity index (χ2v) is 13.7. The van der Waals surface area contributed by atoms with Crippen LogP contribution in [0, 0.1) is 6.92 Å². The van der Waals surface area contributed by atoms with Gasteiger partial charge in [-0.3, -0.25) is 9.36 Å². The van der Waals surface area contributed by atoms with Crippen LogP contribution in [0.25, 0.3) is 22.7 Å². The Hall–Kier alpha value is -5.19. The molecule has 244 valence electrons. The van der Waals surface area contributed by atoms with E-state index in [1.165, 1.54) is 16.9 Å². The molecule has 4 aromatic carbocycles. The molecule has 0 spiro atoms. The van der Waals surface area contributed by atoms with Gasteiger partial charge in [0.15, 0.2) is 16.3 Å². The van der Waals surface area contributed by atoms with E-state index in [4.69, 9.17) is 19.2 Å². The summed E-state index contributed by atoms with van der Waals surface area (Å²) in [5.74, 6) is 0.625. The molecule has 4 heterocycles. The number of thiazole rings is 1. The van der Waals surface area contributed by atoms with Crippen LogP contribution in [0.5, 0.6) is 11.5 Å². The van der Waals surface area contributed by atoms with Crippen LogP contribution in [0.3, 0.4) is 0 Å². The van der Waals surface area contributed by atoms with Crippen LogP contribution < -0.4 is 24.4 Å². The van der Waals surface area contributed by atoms with E-state index in [1.807, 2.05) is 78.9 Å². The lowest BCUT2D eigenvalue weighted by Gasteiger charge is -2.26. The third kappa shape index (κ3) is 5.50. The number of fused-ring (bicyclic) bond motifs is 3. The predicted octanol–water partition coefficient (Wildman–Crippen LogP) is 6.74. The second kappa shape index (κ2) is 12.7. The topological polar surface area (TPSA) is 84.1 Å². The van der Waals surface area contributed by atoms with Crippen molar-refractivity contribution in [3.8, 4) is 11.5 Å². The molecule has 0 fully saturated rings. The fraction of sp³-hybridized carbons (Fsp3) is 0.154. The summed E-state index contributed by atoms with van der Waals surface area (Å²) in [6.07, 6.45) is 1.96. The van der Waals surface area contributed by atoms with Crippen molar-refractivity contribution in [2.75, 3.05) is 13.4 Å². The normalized spacial score (nSPS) is 15.4. The first-order chi connectivity index (χ1) is 23.9. The van der Waals surface area contributed by atoms with Crippen molar-refractivity contribution in [1.82, 2.24) is 9.13 Å². The van der Waals surface area contributed by atoms with E-state index in [0.717, 1.165) is 32.2 Å². The lowest BCUT2D eigenvalue weighted by Crippen LogP contribution is -2.40. The molecule has 0 unspecified atom stereocenters. The molecule has 2 aromatic heterocycles. The van der Waals surface area contributed by atoms with E-state index in [9.17, 15) is 9.59 Å². The molecule has 2 aliphatic heterocycles. The molecule has 0 radical (unpaired) electrons. The highest BCUT2D eigenvalue weighted by Gasteiger charge is 2.36. The number of carbonyl (C=O) groups excluding carboxylic acids is 1. The van der Waals surface area contributed by atoms with Gasteiger partial charge in [0.25, 0.3) is 5.56 Å². The number of hydrogen-bond donors (Lipinski definition) is 0. The molecule has 0 N–H and O–H groups in total. The highest BCUT2D eigenvalue weighted by Crippen LogP contribution is 2.40. The fourth-order valence-electron chi connectivity index (χ4n) is 6.59. The summed E-state index contributed by atoms with van der Waals surface area (Å²) < 4.78 is 22.4. The van der Waals surface area contributed by atoms with E-state index in [0.29, 0.717) is 38.6 Å². The number of benzene rings is 4. The van der Waals surface area contributed by atoms with Gasteiger partial charge in [0, 0.05) is 38.7 Å². The average Bonchev–Trinajstić information content (AvgIpc) is 3.80. The van der Waals surface area contributed by atoms with Gasteiger partial charge in [-0.1, -0.05) is 94.0 Å². The zero-order valence-corrected chi connectivity index (χ0v) is 29.1. The summed E-state index contributed by atoms with van der Waals surface area (Å²) in [6, 6.07) is 30.8. The Morgan fingerprint density at radius 2 is 1.76 bits per heavy atom. The van der Waals surface area contributed by atoms with Crippen LogP contribution in [-0.2, 0) is 16.1 Å². The van der Waals surface area contributed by atoms with Crippen molar-refractivity contribution in [2.45, 2.75) is 26.4 Å². The van der Waals surface area contributed by atoms with Crippen molar-refractivity contribution in [2.24, 2.45) is 4.99 Å². The van der Waals surface area contributed by atoms with Gasteiger partial charge >= 0.3 is 5.97 Å². The van der Waals surface area contributed by atoms with Crippen molar-refractivity contribution in [3.05, 3.63) is 155 Å². The molecule has 8 rings (SSSR count). The molecular formula is C39H30BrN3O5S. The SMILES string of the molecule is CCOC(=O)C1=C(c2ccccc2)N=c2s/c(=C\c3c(C)n(Cc4ccc(Br)cc4)c4ccccc34)c(=O)n2[C@@H]1c1ccc2c(c1)OCO2. The number of hydrogen-bond acceptors (Lipinski definition) is 7. The maximum absolute atomic E-state index is 14.6. The molecule has 0 bridgehead atoms. The van der Waals surface area contributed by atoms with Crippen LogP contribution in [0.1, 0.15) is 40.9 Å². The lowest BCUT2D eigenvalue weighted by atomic mass is 9.93. The number of para-hydroxylation sites is 1. The average molecular weight is 733 g/mol. The fourth-order valence-corrected chi connectivity index (χ4v) is 7.83. The minimum Gasteiger partial charge on any atom is -0.463 e. The number of aromatic nitrogens is 2. The Morgan fingerprint density at radius 3 is 2.55 bits per heavy atom. The summed E-state index contributed by atoms with van der Waals surface area (Å²) in [4.78, 5) is 34.0. The van der Waals surface area contributed by atoms with Gasteiger partial charge in [0.2, 0.25) is 6.79 Å². The Kier molecular flexibility index (Phi) is 8.05. The van der Waals surface area contributed by atoms with E-state index in [-0.39, 0.29) is 24.5 Å². The van der Waals surface area contributed by atoms with Crippen molar-refractivity contribution < 1.29 is 19.0 Å². The first-order valence-corrected chi connectivity index (χ1v) is 17.5. The summed E-state index contributed by atoms with van der Waals surface area (Å²) >= 11 is 4.84. The minimum absolute atomic E-state index is 0.103. The minimum atomic E-state index is -0.818. The largest absolute Gasteiger partial charge is 0.463 e. The van der Waals surface area contributed by atoms with Crippen molar-refractivity contribution in [1.29, 1.82) is 0 Å². The van der Waals surface area contributed by atoms with Gasteiger partial charge in [-0.25, -0.2) is 9.79 Å². The Morgan fingerprint density at radius 1 is 1.00 bits per heavy atom. The predicted molar refractivity (Wildman–Crippen MR) is 194 cm³/mol. The molecular weight excluding hydrogens is 702 g/mol. The molecule has 8 nitrogen and oxygen atoms in total. The standard InChI is InChI=1S/C39H30BrN3O5S/c1-3-46-38(45)34-35(25-9-5-4-6-10-25)41-39-43(36(34)26-15-18-31-32(19-26)48-22-47-31)37(44)33(49-39)20-29-23(2)42(30-12-8-7-11-28(29)30)21-24-13-16-27(40)17-14-24/h4-20,36H,3,21-22H2,1-2H3/b33-20-/t36-/m1/s1. The van der Waals surface area contributed by atoms with Gasteiger partial charge in [0.05, 0.1) is 28.5 Å². The van der Waals surface area contributed by atoms with E-state index < -0.39 is 12.0 Å².